The fraction of sp³-hybridized carbons (Fsp3) is 0.462. The van der Waals surface area contributed by atoms with E-state index in [0.717, 1.165) is 0 Å². The molecular formula is C13H16F3N5O2Si. The van der Waals surface area contributed by atoms with E-state index in [4.69, 9.17) is 4.74 Å². The molecule has 0 atom stereocenters. The van der Waals surface area contributed by atoms with E-state index in [2.05, 4.69) is 39.9 Å². The average molecular weight is 359 g/mol. The van der Waals surface area contributed by atoms with Crippen LogP contribution in [0.4, 0.5) is 13.2 Å². The summed E-state index contributed by atoms with van der Waals surface area (Å²) >= 11 is 0. The van der Waals surface area contributed by atoms with E-state index in [9.17, 15) is 18.0 Å². The molecule has 0 saturated heterocycles. The van der Waals surface area contributed by atoms with Crippen LogP contribution in [0.1, 0.15) is 16.1 Å². The summed E-state index contributed by atoms with van der Waals surface area (Å²) in [5, 5.41) is 7.78. The molecule has 11 heteroatoms. The first-order chi connectivity index (χ1) is 11.0. The molecule has 2 aromatic rings. The molecule has 0 unspecified atom stereocenters. The molecular weight excluding hydrogens is 343 g/mol. The summed E-state index contributed by atoms with van der Waals surface area (Å²) in [6, 6.07) is 0. The first kappa shape index (κ1) is 18.0. The minimum atomic E-state index is -4.54. The first-order valence-electron chi connectivity index (χ1n) is 6.94. The minimum absolute atomic E-state index is 0.00572. The summed E-state index contributed by atoms with van der Waals surface area (Å²) in [5.74, 6) is -0.818. The standard InChI is InChI=1S/C13H16F3N5O2Si/c1-23-12(22)10-9(19-20-21(10)7-24(2,3)4)11-17-5-8(6-18-11)13(14,15)16/h5-6H,7H2,1-4H3. The maximum Gasteiger partial charge on any atom is 0.419 e. The van der Waals surface area contributed by atoms with Gasteiger partial charge in [-0.3, -0.25) is 0 Å². The van der Waals surface area contributed by atoms with Crippen LogP contribution in [0.25, 0.3) is 11.5 Å². The summed E-state index contributed by atoms with van der Waals surface area (Å²) in [6.07, 6.45) is -2.77. The Kier molecular flexibility index (Phi) is 4.74. The van der Waals surface area contributed by atoms with Gasteiger partial charge >= 0.3 is 12.1 Å². The molecule has 0 fully saturated rings. The van der Waals surface area contributed by atoms with Crippen molar-refractivity contribution in [3.8, 4) is 11.5 Å². The van der Waals surface area contributed by atoms with Crippen molar-refractivity contribution < 1.29 is 22.7 Å². The zero-order valence-electron chi connectivity index (χ0n) is 13.5. The number of hydrogen-bond acceptors (Lipinski definition) is 6. The molecule has 0 aliphatic carbocycles. The van der Waals surface area contributed by atoms with Gasteiger partial charge in [-0.15, -0.1) is 5.10 Å². The molecule has 0 N–H and O–H groups in total. The highest BCUT2D eigenvalue weighted by atomic mass is 28.3. The SMILES string of the molecule is COC(=O)c1c(-c2ncc(C(F)(F)F)cn2)nnn1C[Si](C)(C)C. The Morgan fingerprint density at radius 2 is 1.83 bits per heavy atom. The molecule has 24 heavy (non-hydrogen) atoms. The smallest absolute Gasteiger partial charge is 0.419 e. The zero-order valence-corrected chi connectivity index (χ0v) is 14.5. The lowest BCUT2D eigenvalue weighted by Gasteiger charge is -2.16. The highest BCUT2D eigenvalue weighted by Gasteiger charge is 2.32. The van der Waals surface area contributed by atoms with Crippen molar-refractivity contribution in [2.75, 3.05) is 7.11 Å². The molecule has 0 aromatic carbocycles. The van der Waals surface area contributed by atoms with Crippen molar-refractivity contribution in [1.29, 1.82) is 0 Å². The van der Waals surface area contributed by atoms with Crippen LogP contribution in [0.3, 0.4) is 0 Å². The van der Waals surface area contributed by atoms with Crippen molar-refractivity contribution in [2.24, 2.45) is 0 Å². The Labute approximate surface area is 136 Å². The quantitative estimate of drug-likeness (QED) is 0.616. The number of nitrogens with zero attached hydrogens (tertiary/aromatic N) is 5. The molecule has 0 bridgehead atoms. The summed E-state index contributed by atoms with van der Waals surface area (Å²) in [5.41, 5.74) is -0.964. The third-order valence-corrected chi connectivity index (χ3v) is 4.18. The number of halogens is 3. The first-order valence-corrected chi connectivity index (χ1v) is 10.6. The van der Waals surface area contributed by atoms with E-state index in [1.807, 2.05) is 0 Å². The van der Waals surface area contributed by atoms with Gasteiger partial charge in [-0.1, -0.05) is 24.9 Å². The van der Waals surface area contributed by atoms with Crippen molar-refractivity contribution in [3.05, 3.63) is 23.7 Å². The van der Waals surface area contributed by atoms with E-state index in [1.165, 1.54) is 11.8 Å². The van der Waals surface area contributed by atoms with E-state index >= 15 is 0 Å². The highest BCUT2D eigenvalue weighted by molar-refractivity contribution is 6.74. The number of rotatable bonds is 4. The normalized spacial score (nSPS) is 12.3. The third kappa shape index (κ3) is 3.96. The number of esters is 1. The molecule has 2 heterocycles. The van der Waals surface area contributed by atoms with E-state index in [1.54, 1.807) is 0 Å². The lowest BCUT2D eigenvalue weighted by molar-refractivity contribution is -0.138. The maximum absolute atomic E-state index is 12.6. The van der Waals surface area contributed by atoms with Gasteiger partial charge in [0.25, 0.3) is 0 Å². The van der Waals surface area contributed by atoms with Crippen LogP contribution in [0, 0.1) is 0 Å². The Hall–Kier alpha value is -2.30. The number of carbonyl (C=O) groups is 1. The van der Waals surface area contributed by atoms with Gasteiger partial charge in [0.05, 0.1) is 20.7 Å². The Bertz CT molecular complexity index is 738. The van der Waals surface area contributed by atoms with Gasteiger partial charge in [0.2, 0.25) is 0 Å². The van der Waals surface area contributed by atoms with Crippen LogP contribution < -0.4 is 0 Å². The topological polar surface area (TPSA) is 82.8 Å². The maximum atomic E-state index is 12.6. The largest absolute Gasteiger partial charge is 0.464 e. The molecule has 0 spiro atoms. The molecule has 0 aliphatic rings. The van der Waals surface area contributed by atoms with Gasteiger partial charge in [0.1, 0.15) is 0 Å². The molecule has 0 radical (unpaired) electrons. The van der Waals surface area contributed by atoms with Crippen LogP contribution in [0.5, 0.6) is 0 Å². The fourth-order valence-corrected chi connectivity index (χ4v) is 3.04. The number of aromatic nitrogens is 5. The van der Waals surface area contributed by atoms with Crippen molar-refractivity contribution in [3.63, 3.8) is 0 Å². The molecule has 0 aliphatic heterocycles. The van der Waals surface area contributed by atoms with Gasteiger partial charge in [-0.2, -0.15) is 13.2 Å². The lowest BCUT2D eigenvalue weighted by atomic mass is 10.3. The Balaban J connectivity index is 2.48. The third-order valence-electron chi connectivity index (χ3n) is 2.93. The highest BCUT2D eigenvalue weighted by Crippen LogP contribution is 2.29. The Morgan fingerprint density at radius 1 is 1.25 bits per heavy atom. The van der Waals surface area contributed by atoms with Crippen LogP contribution in [0.15, 0.2) is 12.4 Å². The van der Waals surface area contributed by atoms with Gasteiger partial charge in [0, 0.05) is 18.6 Å². The van der Waals surface area contributed by atoms with E-state index in [-0.39, 0.29) is 17.2 Å². The molecule has 0 amide bonds. The van der Waals surface area contributed by atoms with Crippen molar-refractivity contribution in [2.45, 2.75) is 32.0 Å². The molecule has 2 rings (SSSR count). The average Bonchev–Trinajstić information content (AvgIpc) is 2.87. The predicted molar refractivity (Wildman–Crippen MR) is 80.7 cm³/mol. The summed E-state index contributed by atoms with van der Waals surface area (Å²) in [7, 11) is -0.446. The molecule has 2 aromatic heterocycles. The fourth-order valence-electron chi connectivity index (χ4n) is 1.92. The summed E-state index contributed by atoms with van der Waals surface area (Å²) in [6.45, 7) is 6.22. The van der Waals surface area contributed by atoms with Crippen LogP contribution in [-0.2, 0) is 17.1 Å². The lowest BCUT2D eigenvalue weighted by Crippen LogP contribution is -2.30. The van der Waals surface area contributed by atoms with Gasteiger partial charge in [-0.05, 0) is 0 Å². The van der Waals surface area contributed by atoms with E-state index < -0.39 is 25.8 Å². The van der Waals surface area contributed by atoms with Crippen LogP contribution in [0.2, 0.25) is 19.6 Å². The molecule has 130 valence electrons. The number of hydrogen-bond donors (Lipinski definition) is 0. The van der Waals surface area contributed by atoms with Crippen molar-refractivity contribution in [1.82, 2.24) is 25.0 Å². The monoisotopic (exact) mass is 359 g/mol. The predicted octanol–water partition coefficient (Wildman–Crippen LogP) is 2.42. The number of methoxy groups -OCH3 is 1. The van der Waals surface area contributed by atoms with Crippen LogP contribution in [-0.4, -0.2) is 46.1 Å². The molecule has 0 saturated carbocycles. The number of ether oxygens (including phenoxy) is 1. The number of alkyl halides is 3. The van der Waals surface area contributed by atoms with Gasteiger partial charge < -0.3 is 4.74 Å². The van der Waals surface area contributed by atoms with Gasteiger partial charge in [-0.25, -0.2) is 19.4 Å². The van der Waals surface area contributed by atoms with Gasteiger partial charge in [0.15, 0.2) is 17.2 Å². The molecule has 7 nitrogen and oxygen atoms in total. The second-order valence-electron chi connectivity index (χ2n) is 6.29. The second-order valence-corrected chi connectivity index (χ2v) is 11.7. The summed E-state index contributed by atoms with van der Waals surface area (Å²) < 4.78 is 43.9. The van der Waals surface area contributed by atoms with Crippen molar-refractivity contribution >= 4 is 14.0 Å². The second kappa shape index (κ2) is 6.30. The minimum Gasteiger partial charge on any atom is -0.464 e. The Morgan fingerprint density at radius 3 is 2.29 bits per heavy atom. The summed E-state index contributed by atoms with van der Waals surface area (Å²) in [4.78, 5) is 19.4. The van der Waals surface area contributed by atoms with E-state index in [0.29, 0.717) is 18.6 Å². The van der Waals surface area contributed by atoms with Crippen LogP contribution >= 0.6 is 0 Å². The zero-order chi connectivity index (χ0) is 18.1. The number of carbonyl (C=O) groups excluding carboxylic acids is 1.